The minimum atomic E-state index is -3.59. The van der Waals surface area contributed by atoms with Crippen molar-refractivity contribution in [1.29, 1.82) is 0 Å². The Morgan fingerprint density at radius 2 is 1.95 bits per heavy atom. The molecule has 1 aliphatic carbocycles. The summed E-state index contributed by atoms with van der Waals surface area (Å²) in [5.41, 5.74) is 0. The molecule has 0 radical (unpaired) electrons. The Labute approximate surface area is 111 Å². The van der Waals surface area contributed by atoms with Crippen molar-refractivity contribution in [2.75, 3.05) is 7.05 Å². The number of hydrogen-bond acceptors (Lipinski definition) is 3. The predicted octanol–water partition coefficient (Wildman–Crippen LogP) is 2.27. The lowest BCUT2D eigenvalue weighted by molar-refractivity contribution is 0.390. The second kappa shape index (κ2) is 5.54. The maximum atomic E-state index is 13.2. The normalized spacial score (nSPS) is 24.4. The molecular weight excluding hydrogens is 272 g/mol. The molecule has 2 rings (SSSR count). The molecule has 0 aliphatic heterocycles. The third-order valence-electron chi connectivity index (χ3n) is 3.69. The first-order chi connectivity index (χ1) is 8.95. The molecular formula is C13H17F2NO2S. The van der Waals surface area contributed by atoms with E-state index in [1.165, 1.54) is 0 Å². The first-order valence-electron chi connectivity index (χ1n) is 6.31. The van der Waals surface area contributed by atoms with E-state index in [0.717, 1.165) is 31.0 Å². The number of benzene rings is 1. The Balaban J connectivity index is 2.28. The second-order valence-electron chi connectivity index (χ2n) is 4.90. The van der Waals surface area contributed by atoms with Crippen LogP contribution in [0.1, 0.15) is 25.7 Å². The maximum absolute atomic E-state index is 13.2. The van der Waals surface area contributed by atoms with Gasteiger partial charge in [0.2, 0.25) is 0 Å². The van der Waals surface area contributed by atoms with Gasteiger partial charge >= 0.3 is 0 Å². The van der Waals surface area contributed by atoms with Crippen LogP contribution in [0.25, 0.3) is 0 Å². The van der Waals surface area contributed by atoms with Gasteiger partial charge in [0, 0.05) is 6.04 Å². The molecule has 1 fully saturated rings. The fourth-order valence-corrected chi connectivity index (χ4v) is 4.41. The van der Waals surface area contributed by atoms with Crippen molar-refractivity contribution in [3.05, 3.63) is 29.8 Å². The van der Waals surface area contributed by atoms with Gasteiger partial charge in [0.1, 0.15) is 0 Å². The molecule has 0 heterocycles. The Bertz CT molecular complexity index is 560. The number of halogens is 2. The van der Waals surface area contributed by atoms with E-state index in [1.54, 1.807) is 7.05 Å². The summed E-state index contributed by atoms with van der Waals surface area (Å²) < 4.78 is 50.8. The summed E-state index contributed by atoms with van der Waals surface area (Å²) in [6, 6.07) is 2.93. The molecule has 6 heteroatoms. The second-order valence-corrected chi connectivity index (χ2v) is 7.12. The Morgan fingerprint density at radius 1 is 1.21 bits per heavy atom. The summed E-state index contributed by atoms with van der Waals surface area (Å²) in [4.78, 5) is -0.131. The monoisotopic (exact) mass is 289 g/mol. The molecule has 0 spiro atoms. The molecule has 1 aromatic rings. The van der Waals surface area contributed by atoms with E-state index in [9.17, 15) is 17.2 Å². The third-order valence-corrected chi connectivity index (χ3v) is 5.91. The summed E-state index contributed by atoms with van der Waals surface area (Å²) in [6.45, 7) is 0. The van der Waals surface area contributed by atoms with Gasteiger partial charge in [-0.1, -0.05) is 6.42 Å². The summed E-state index contributed by atoms with van der Waals surface area (Å²) >= 11 is 0. The molecule has 0 saturated heterocycles. The molecule has 1 aromatic carbocycles. The minimum Gasteiger partial charge on any atom is -0.317 e. The van der Waals surface area contributed by atoms with Crippen LogP contribution >= 0.6 is 0 Å². The van der Waals surface area contributed by atoms with Crippen molar-refractivity contribution in [3.8, 4) is 0 Å². The molecule has 2 atom stereocenters. The van der Waals surface area contributed by atoms with Gasteiger partial charge in [0.15, 0.2) is 21.5 Å². The summed E-state index contributed by atoms with van der Waals surface area (Å²) in [5.74, 6) is -2.15. The van der Waals surface area contributed by atoms with E-state index in [0.29, 0.717) is 12.8 Å². The fraction of sp³-hybridized carbons (Fsp3) is 0.538. The largest absolute Gasteiger partial charge is 0.317 e. The molecule has 1 N–H and O–H groups in total. The molecule has 3 nitrogen and oxygen atoms in total. The van der Waals surface area contributed by atoms with E-state index in [2.05, 4.69) is 5.32 Å². The van der Waals surface area contributed by atoms with E-state index in [-0.39, 0.29) is 10.9 Å². The van der Waals surface area contributed by atoms with E-state index < -0.39 is 26.7 Å². The highest BCUT2D eigenvalue weighted by atomic mass is 32.2. The Kier molecular flexibility index (Phi) is 4.20. The minimum absolute atomic E-state index is 0.131. The number of rotatable bonds is 3. The van der Waals surface area contributed by atoms with Crippen LogP contribution in [0.5, 0.6) is 0 Å². The quantitative estimate of drug-likeness (QED) is 0.868. The molecule has 0 bridgehead atoms. The highest BCUT2D eigenvalue weighted by molar-refractivity contribution is 7.92. The predicted molar refractivity (Wildman–Crippen MR) is 68.6 cm³/mol. The van der Waals surface area contributed by atoms with Crippen LogP contribution in [-0.4, -0.2) is 26.8 Å². The van der Waals surface area contributed by atoms with Gasteiger partial charge < -0.3 is 5.32 Å². The van der Waals surface area contributed by atoms with Crippen LogP contribution < -0.4 is 5.32 Å². The summed E-state index contributed by atoms with van der Waals surface area (Å²) in [7, 11) is -1.79. The van der Waals surface area contributed by atoms with E-state index >= 15 is 0 Å². The van der Waals surface area contributed by atoms with Crippen molar-refractivity contribution in [2.24, 2.45) is 0 Å². The molecule has 106 valence electrons. The van der Waals surface area contributed by atoms with Gasteiger partial charge in [0.05, 0.1) is 10.1 Å². The Hall–Kier alpha value is -1.01. The average molecular weight is 289 g/mol. The highest BCUT2D eigenvalue weighted by Gasteiger charge is 2.32. The van der Waals surface area contributed by atoms with Gasteiger partial charge in [-0.2, -0.15) is 0 Å². The molecule has 0 aromatic heterocycles. The zero-order valence-corrected chi connectivity index (χ0v) is 11.5. The van der Waals surface area contributed by atoms with Crippen LogP contribution in [0.3, 0.4) is 0 Å². The van der Waals surface area contributed by atoms with E-state index in [4.69, 9.17) is 0 Å². The molecule has 19 heavy (non-hydrogen) atoms. The lowest BCUT2D eigenvalue weighted by Gasteiger charge is -2.28. The van der Waals surface area contributed by atoms with Crippen molar-refractivity contribution >= 4 is 9.84 Å². The van der Waals surface area contributed by atoms with Crippen LogP contribution in [-0.2, 0) is 9.84 Å². The zero-order valence-electron chi connectivity index (χ0n) is 10.7. The average Bonchev–Trinajstić information content (AvgIpc) is 2.41. The smallest absolute Gasteiger partial charge is 0.181 e. The van der Waals surface area contributed by atoms with Crippen molar-refractivity contribution in [1.82, 2.24) is 5.32 Å². The lowest BCUT2D eigenvalue weighted by atomic mass is 9.95. The number of sulfone groups is 1. The SMILES string of the molecule is CNC1CCCC(S(=O)(=O)c2ccc(F)c(F)c2)C1. The molecule has 2 unspecified atom stereocenters. The maximum Gasteiger partial charge on any atom is 0.181 e. The van der Waals surface area contributed by atoms with Crippen LogP contribution in [0, 0.1) is 11.6 Å². The van der Waals surface area contributed by atoms with Gasteiger partial charge in [-0.25, -0.2) is 17.2 Å². The van der Waals surface area contributed by atoms with Crippen molar-refractivity contribution in [3.63, 3.8) is 0 Å². The Morgan fingerprint density at radius 3 is 2.58 bits per heavy atom. The van der Waals surface area contributed by atoms with Crippen LogP contribution in [0.4, 0.5) is 8.78 Å². The first kappa shape index (κ1) is 14.4. The third kappa shape index (κ3) is 2.95. The van der Waals surface area contributed by atoms with E-state index in [1.807, 2.05) is 0 Å². The highest BCUT2D eigenvalue weighted by Crippen LogP contribution is 2.29. The van der Waals surface area contributed by atoms with Gasteiger partial charge in [-0.15, -0.1) is 0 Å². The zero-order chi connectivity index (χ0) is 14.0. The standard InChI is InChI=1S/C13H17F2NO2S/c1-16-9-3-2-4-10(7-9)19(17,18)11-5-6-12(14)13(15)8-11/h5-6,8-10,16H,2-4,7H2,1H3. The van der Waals surface area contributed by atoms with Crippen molar-refractivity contribution in [2.45, 2.75) is 41.9 Å². The van der Waals surface area contributed by atoms with Gasteiger partial charge in [0.25, 0.3) is 0 Å². The summed E-state index contributed by atoms with van der Waals surface area (Å²) in [6.07, 6.45) is 2.84. The van der Waals surface area contributed by atoms with Crippen LogP contribution in [0.2, 0.25) is 0 Å². The molecule has 1 saturated carbocycles. The van der Waals surface area contributed by atoms with Crippen molar-refractivity contribution < 1.29 is 17.2 Å². The van der Waals surface area contributed by atoms with Crippen LogP contribution in [0.15, 0.2) is 23.1 Å². The number of hydrogen-bond donors (Lipinski definition) is 1. The van der Waals surface area contributed by atoms with Gasteiger partial charge in [-0.05, 0) is 44.5 Å². The first-order valence-corrected chi connectivity index (χ1v) is 7.86. The topological polar surface area (TPSA) is 46.2 Å². The summed E-state index contributed by atoms with van der Waals surface area (Å²) in [5, 5.41) is 2.55. The molecule has 1 aliphatic rings. The fourth-order valence-electron chi connectivity index (χ4n) is 2.54. The lowest BCUT2D eigenvalue weighted by Crippen LogP contribution is -2.37. The molecule has 0 amide bonds. The number of nitrogens with one attached hydrogen (secondary N) is 1. The van der Waals surface area contributed by atoms with Gasteiger partial charge in [-0.3, -0.25) is 0 Å².